The summed E-state index contributed by atoms with van der Waals surface area (Å²) in [7, 11) is -7.20. The molecule has 0 aromatic heterocycles. The first-order chi connectivity index (χ1) is 13.5. The van der Waals surface area contributed by atoms with E-state index in [-0.39, 0.29) is 10.6 Å². The number of aryl methyl sites for hydroxylation is 3. The Morgan fingerprint density at radius 1 is 1.07 bits per heavy atom. The van der Waals surface area contributed by atoms with Gasteiger partial charge in [0.15, 0.2) is 0 Å². The highest BCUT2D eigenvalue weighted by Crippen LogP contribution is 2.31. The second-order valence-electron chi connectivity index (χ2n) is 7.17. The van der Waals surface area contributed by atoms with Crippen LogP contribution < -0.4 is 13.8 Å². The quantitative estimate of drug-likeness (QED) is 0.747. The monoisotopic (exact) mass is 438 g/mol. The number of nitrogens with zero attached hydrogens (tertiary/aromatic N) is 1. The first kappa shape index (κ1) is 21.4. The minimum Gasteiger partial charge on any atom is -0.493 e. The number of benzene rings is 2. The lowest BCUT2D eigenvalue weighted by Crippen LogP contribution is -2.25. The maximum Gasteiger partial charge on any atom is 0.261 e. The van der Waals surface area contributed by atoms with Gasteiger partial charge in [-0.3, -0.25) is 9.03 Å². The van der Waals surface area contributed by atoms with E-state index in [1.807, 2.05) is 6.92 Å². The van der Waals surface area contributed by atoms with E-state index in [2.05, 4.69) is 4.72 Å². The first-order valence-corrected chi connectivity index (χ1v) is 12.5. The first-order valence-electron chi connectivity index (χ1n) is 9.43. The molecule has 0 amide bonds. The van der Waals surface area contributed by atoms with Crippen LogP contribution >= 0.6 is 0 Å². The highest BCUT2D eigenvalue weighted by atomic mass is 32.2. The molecule has 0 radical (unpaired) electrons. The molecule has 0 spiro atoms. The molecule has 1 fully saturated rings. The molecule has 1 N–H and O–H groups in total. The number of hydrogen-bond acceptors (Lipinski definition) is 5. The standard InChI is InChI=1S/C20H26N2O5S2/c1-5-27-20-15(3)11-18(12-16(20)4)29(25,26)21-19-13-17(8-7-14(19)2)22-9-6-10-28(22,23)24/h7-8,11-13,21H,5-6,9-10H2,1-4H3. The zero-order valence-electron chi connectivity index (χ0n) is 17.0. The lowest BCUT2D eigenvalue weighted by Gasteiger charge is -2.19. The van der Waals surface area contributed by atoms with Gasteiger partial charge < -0.3 is 4.74 Å². The molecular weight excluding hydrogens is 412 g/mol. The highest BCUT2D eigenvalue weighted by Gasteiger charge is 2.29. The van der Waals surface area contributed by atoms with Gasteiger partial charge in [-0.05, 0) is 75.1 Å². The highest BCUT2D eigenvalue weighted by molar-refractivity contribution is 7.93. The van der Waals surface area contributed by atoms with E-state index < -0.39 is 20.0 Å². The van der Waals surface area contributed by atoms with E-state index >= 15 is 0 Å². The summed E-state index contributed by atoms with van der Waals surface area (Å²) in [6.07, 6.45) is 0.558. The van der Waals surface area contributed by atoms with Crippen molar-refractivity contribution in [3.05, 3.63) is 47.0 Å². The Morgan fingerprint density at radius 3 is 2.28 bits per heavy atom. The predicted octanol–water partition coefficient (Wildman–Crippen LogP) is 3.35. The number of sulfonamides is 2. The Balaban J connectivity index is 1.96. The number of ether oxygens (including phenoxy) is 1. The molecule has 1 aliphatic heterocycles. The van der Waals surface area contributed by atoms with Crippen LogP contribution in [0, 0.1) is 20.8 Å². The molecular formula is C20H26N2O5S2. The summed E-state index contributed by atoms with van der Waals surface area (Å²) < 4.78 is 59.9. The third kappa shape index (κ3) is 4.35. The van der Waals surface area contributed by atoms with Gasteiger partial charge in [0.25, 0.3) is 10.0 Å². The molecule has 1 saturated heterocycles. The molecule has 7 nitrogen and oxygen atoms in total. The van der Waals surface area contributed by atoms with E-state index in [1.165, 1.54) is 4.31 Å². The Hall–Kier alpha value is -2.26. The lowest BCUT2D eigenvalue weighted by atomic mass is 10.1. The summed E-state index contributed by atoms with van der Waals surface area (Å²) in [5.41, 5.74) is 2.99. The third-order valence-electron chi connectivity index (χ3n) is 4.89. The average molecular weight is 439 g/mol. The van der Waals surface area contributed by atoms with Crippen LogP contribution in [0.3, 0.4) is 0 Å². The molecule has 1 aliphatic rings. The van der Waals surface area contributed by atoms with Gasteiger partial charge in [-0.2, -0.15) is 0 Å². The molecule has 0 bridgehead atoms. The van der Waals surface area contributed by atoms with Crippen LogP contribution in [0.1, 0.15) is 30.0 Å². The molecule has 0 aliphatic carbocycles. The van der Waals surface area contributed by atoms with Gasteiger partial charge in [0.2, 0.25) is 10.0 Å². The molecule has 158 valence electrons. The van der Waals surface area contributed by atoms with Crippen LogP contribution in [0.2, 0.25) is 0 Å². The molecule has 0 atom stereocenters. The normalized spacial score (nSPS) is 16.1. The molecule has 0 unspecified atom stereocenters. The van der Waals surface area contributed by atoms with Crippen LogP contribution in [0.25, 0.3) is 0 Å². The predicted molar refractivity (Wildman–Crippen MR) is 115 cm³/mol. The summed E-state index contributed by atoms with van der Waals surface area (Å²) >= 11 is 0. The smallest absolute Gasteiger partial charge is 0.261 e. The van der Waals surface area contributed by atoms with Gasteiger partial charge in [0.1, 0.15) is 5.75 Å². The van der Waals surface area contributed by atoms with Crippen LogP contribution in [0.15, 0.2) is 35.2 Å². The second-order valence-corrected chi connectivity index (χ2v) is 10.9. The summed E-state index contributed by atoms with van der Waals surface area (Å²) in [6.45, 7) is 8.16. The lowest BCUT2D eigenvalue weighted by molar-refractivity contribution is 0.335. The minimum atomic E-state index is -3.86. The van der Waals surface area contributed by atoms with Gasteiger partial charge >= 0.3 is 0 Å². The van der Waals surface area contributed by atoms with Crippen LogP contribution in [-0.2, 0) is 20.0 Å². The molecule has 3 rings (SSSR count). The SMILES string of the molecule is CCOc1c(C)cc(S(=O)(=O)Nc2cc(N3CCCS3(=O)=O)ccc2C)cc1C. The molecule has 29 heavy (non-hydrogen) atoms. The van der Waals surface area contributed by atoms with E-state index in [0.717, 1.165) is 11.1 Å². The van der Waals surface area contributed by atoms with E-state index in [4.69, 9.17) is 4.74 Å². The average Bonchev–Trinajstić information content (AvgIpc) is 2.99. The van der Waals surface area contributed by atoms with Crippen LogP contribution in [0.5, 0.6) is 5.75 Å². The third-order valence-corrected chi connectivity index (χ3v) is 8.10. The molecule has 1 heterocycles. The van der Waals surface area contributed by atoms with Crippen molar-refractivity contribution < 1.29 is 21.6 Å². The van der Waals surface area contributed by atoms with E-state index in [1.54, 1.807) is 51.1 Å². The molecule has 0 saturated carbocycles. The molecule has 9 heteroatoms. The zero-order chi connectivity index (χ0) is 21.4. The van der Waals surface area contributed by atoms with Crippen molar-refractivity contribution in [2.24, 2.45) is 0 Å². The topological polar surface area (TPSA) is 92.8 Å². The number of rotatable bonds is 6. The van der Waals surface area contributed by atoms with Crippen molar-refractivity contribution in [1.29, 1.82) is 0 Å². The van der Waals surface area contributed by atoms with E-state index in [9.17, 15) is 16.8 Å². The summed E-state index contributed by atoms with van der Waals surface area (Å²) in [4.78, 5) is 0.134. The van der Waals surface area contributed by atoms with Gasteiger partial charge in [-0.1, -0.05) is 6.07 Å². The Bertz CT molecular complexity index is 1120. The fourth-order valence-electron chi connectivity index (χ4n) is 3.45. The number of anilines is 2. The number of hydrogen-bond donors (Lipinski definition) is 1. The maximum absolute atomic E-state index is 13.0. The maximum atomic E-state index is 13.0. The van der Waals surface area contributed by atoms with Crippen molar-refractivity contribution in [3.63, 3.8) is 0 Å². The fourth-order valence-corrected chi connectivity index (χ4v) is 6.29. The fraction of sp³-hybridized carbons (Fsp3) is 0.400. The Morgan fingerprint density at radius 2 is 1.72 bits per heavy atom. The van der Waals surface area contributed by atoms with Crippen molar-refractivity contribution in [3.8, 4) is 5.75 Å². The van der Waals surface area contributed by atoms with E-state index in [0.29, 0.717) is 42.3 Å². The summed E-state index contributed by atoms with van der Waals surface area (Å²) in [5, 5.41) is 0. The van der Waals surface area contributed by atoms with Gasteiger partial charge in [0.05, 0.1) is 28.6 Å². The summed E-state index contributed by atoms with van der Waals surface area (Å²) in [6, 6.07) is 8.13. The summed E-state index contributed by atoms with van der Waals surface area (Å²) in [5.74, 6) is 0.788. The molecule has 2 aromatic carbocycles. The Labute approximate surface area is 172 Å². The zero-order valence-corrected chi connectivity index (χ0v) is 18.7. The van der Waals surface area contributed by atoms with Crippen LogP contribution in [-0.4, -0.2) is 35.7 Å². The van der Waals surface area contributed by atoms with Crippen molar-refractivity contribution in [1.82, 2.24) is 0 Å². The van der Waals surface area contributed by atoms with Crippen LogP contribution in [0.4, 0.5) is 11.4 Å². The molecule has 2 aromatic rings. The second kappa shape index (κ2) is 7.87. The van der Waals surface area contributed by atoms with Crippen molar-refractivity contribution >= 4 is 31.4 Å². The van der Waals surface area contributed by atoms with Crippen molar-refractivity contribution in [2.75, 3.05) is 27.9 Å². The van der Waals surface area contributed by atoms with Gasteiger partial charge in [0, 0.05) is 6.54 Å². The minimum absolute atomic E-state index is 0.104. The Kier molecular flexibility index (Phi) is 5.82. The largest absolute Gasteiger partial charge is 0.493 e. The number of nitrogens with one attached hydrogen (secondary N) is 1. The van der Waals surface area contributed by atoms with Crippen molar-refractivity contribution in [2.45, 2.75) is 39.0 Å². The van der Waals surface area contributed by atoms with Gasteiger partial charge in [-0.15, -0.1) is 0 Å². The van der Waals surface area contributed by atoms with Gasteiger partial charge in [-0.25, -0.2) is 16.8 Å².